The van der Waals surface area contributed by atoms with E-state index < -0.39 is 0 Å². The van der Waals surface area contributed by atoms with E-state index in [1.807, 2.05) is 0 Å². The van der Waals surface area contributed by atoms with Crippen molar-refractivity contribution in [1.82, 2.24) is 0 Å². The largest absolute Gasteiger partial charge is 0.327 e. The van der Waals surface area contributed by atoms with Crippen molar-refractivity contribution < 1.29 is 0 Å². The molecule has 0 radical (unpaired) electrons. The van der Waals surface area contributed by atoms with Crippen molar-refractivity contribution in [2.24, 2.45) is 5.73 Å². The maximum Gasteiger partial charge on any atom is 0.0136 e. The molecule has 0 fully saturated rings. The average molecular weight is 197 g/mol. The van der Waals surface area contributed by atoms with Crippen LogP contribution in [0.1, 0.15) is 65.2 Å². The molecule has 0 aliphatic carbocycles. The van der Waals surface area contributed by atoms with Gasteiger partial charge in [-0.25, -0.2) is 0 Å². The molecule has 0 aromatic carbocycles. The second-order valence-corrected chi connectivity index (χ2v) is 4.02. The zero-order valence-electron chi connectivity index (χ0n) is 10.0. The monoisotopic (exact) mass is 197 g/mol. The minimum absolute atomic E-state index is 0.742. The molecule has 2 N–H and O–H groups in total. The average Bonchev–Trinajstić information content (AvgIpc) is 2.22. The highest BCUT2D eigenvalue weighted by Crippen LogP contribution is 2.11. The van der Waals surface area contributed by atoms with Gasteiger partial charge in [-0.3, -0.25) is 0 Å². The number of nitrogens with two attached hydrogens (primary N) is 1. The summed E-state index contributed by atoms with van der Waals surface area (Å²) in [5.41, 5.74) is 7.01. The van der Waals surface area contributed by atoms with E-state index in [2.05, 4.69) is 19.9 Å². The quantitative estimate of drug-likeness (QED) is 0.438. The third kappa shape index (κ3) is 8.31. The lowest BCUT2D eigenvalue weighted by molar-refractivity contribution is 0.587. The van der Waals surface area contributed by atoms with Gasteiger partial charge < -0.3 is 5.73 Å². The number of rotatable bonds is 9. The van der Waals surface area contributed by atoms with E-state index in [0.717, 1.165) is 6.54 Å². The van der Waals surface area contributed by atoms with Gasteiger partial charge in [0.2, 0.25) is 0 Å². The topological polar surface area (TPSA) is 26.0 Å². The van der Waals surface area contributed by atoms with Gasteiger partial charge in [0.25, 0.3) is 0 Å². The zero-order valence-corrected chi connectivity index (χ0v) is 10.0. The van der Waals surface area contributed by atoms with Crippen LogP contribution in [-0.2, 0) is 0 Å². The first kappa shape index (κ1) is 13.7. The maximum absolute atomic E-state index is 5.60. The van der Waals surface area contributed by atoms with Gasteiger partial charge in [-0.1, -0.05) is 57.1 Å². The molecular formula is C13H27N. The van der Waals surface area contributed by atoms with Crippen LogP contribution in [-0.4, -0.2) is 6.54 Å². The summed E-state index contributed by atoms with van der Waals surface area (Å²) >= 11 is 0. The van der Waals surface area contributed by atoms with Crippen LogP contribution >= 0.6 is 0 Å². The van der Waals surface area contributed by atoms with Gasteiger partial charge in [-0.05, 0) is 19.8 Å². The molecule has 0 heterocycles. The minimum Gasteiger partial charge on any atom is -0.327 e. The summed E-state index contributed by atoms with van der Waals surface area (Å²) in [7, 11) is 0. The summed E-state index contributed by atoms with van der Waals surface area (Å²) in [5.74, 6) is 0. The molecule has 0 aromatic rings. The third-order valence-electron chi connectivity index (χ3n) is 2.77. The fourth-order valence-corrected chi connectivity index (χ4v) is 1.67. The molecule has 1 nitrogen and oxygen atoms in total. The standard InChI is InChI=1S/C13H27N/c1-3-5-6-7-8-9-10-11-13(4-2)12-14/h4H,3,5-12,14H2,1-2H3/b13-4+. The van der Waals surface area contributed by atoms with E-state index in [1.54, 1.807) is 0 Å². The first-order valence-corrected chi connectivity index (χ1v) is 6.19. The fraction of sp³-hybridized carbons (Fsp3) is 0.846. The molecule has 1 heteroatoms. The van der Waals surface area contributed by atoms with E-state index in [0.29, 0.717) is 0 Å². The molecule has 14 heavy (non-hydrogen) atoms. The Bertz CT molecular complexity index is 138. The molecule has 0 amide bonds. The van der Waals surface area contributed by atoms with Crippen molar-refractivity contribution in [2.45, 2.75) is 65.2 Å². The van der Waals surface area contributed by atoms with E-state index in [9.17, 15) is 0 Å². The third-order valence-corrected chi connectivity index (χ3v) is 2.77. The van der Waals surface area contributed by atoms with Crippen molar-refractivity contribution in [3.8, 4) is 0 Å². The summed E-state index contributed by atoms with van der Waals surface area (Å²) in [6, 6.07) is 0. The van der Waals surface area contributed by atoms with Crippen LogP contribution in [0, 0.1) is 0 Å². The molecule has 0 aliphatic rings. The number of unbranched alkanes of at least 4 members (excludes halogenated alkanes) is 6. The Hall–Kier alpha value is -0.300. The Labute approximate surface area is 89.8 Å². The molecule has 0 bridgehead atoms. The Morgan fingerprint density at radius 3 is 2.07 bits per heavy atom. The Morgan fingerprint density at radius 2 is 1.57 bits per heavy atom. The lowest BCUT2D eigenvalue weighted by atomic mass is 10.0. The van der Waals surface area contributed by atoms with Gasteiger partial charge in [-0.15, -0.1) is 0 Å². The molecule has 0 aromatic heterocycles. The van der Waals surface area contributed by atoms with E-state index >= 15 is 0 Å². The molecule has 0 saturated carbocycles. The van der Waals surface area contributed by atoms with Crippen molar-refractivity contribution in [2.75, 3.05) is 6.54 Å². The van der Waals surface area contributed by atoms with Crippen LogP contribution in [0.4, 0.5) is 0 Å². The second-order valence-electron chi connectivity index (χ2n) is 4.02. The normalized spacial score (nSPS) is 12.1. The summed E-state index contributed by atoms with van der Waals surface area (Å²) in [6.45, 7) is 5.09. The zero-order chi connectivity index (χ0) is 10.6. The number of hydrogen-bond acceptors (Lipinski definition) is 1. The van der Waals surface area contributed by atoms with Gasteiger partial charge in [0.1, 0.15) is 0 Å². The molecule has 84 valence electrons. The Kier molecular flexibility index (Phi) is 10.5. The SMILES string of the molecule is C/C=C(/CN)CCCCCCCCC. The van der Waals surface area contributed by atoms with Gasteiger partial charge in [0.15, 0.2) is 0 Å². The maximum atomic E-state index is 5.60. The van der Waals surface area contributed by atoms with Gasteiger partial charge in [-0.2, -0.15) is 0 Å². The Balaban J connectivity index is 3.13. The molecule has 0 unspecified atom stereocenters. The highest BCUT2D eigenvalue weighted by atomic mass is 14.5. The summed E-state index contributed by atoms with van der Waals surface area (Å²) in [5, 5.41) is 0. The second kappa shape index (κ2) is 10.8. The predicted molar refractivity (Wildman–Crippen MR) is 65.4 cm³/mol. The lowest BCUT2D eigenvalue weighted by Crippen LogP contribution is -2.02. The number of allylic oxidation sites excluding steroid dienone is 1. The fourth-order valence-electron chi connectivity index (χ4n) is 1.67. The van der Waals surface area contributed by atoms with Crippen molar-refractivity contribution in [3.05, 3.63) is 11.6 Å². The van der Waals surface area contributed by atoms with Crippen molar-refractivity contribution >= 4 is 0 Å². The van der Waals surface area contributed by atoms with E-state index in [1.165, 1.54) is 56.9 Å². The minimum atomic E-state index is 0.742. The summed E-state index contributed by atoms with van der Waals surface area (Å²) in [4.78, 5) is 0. The van der Waals surface area contributed by atoms with Crippen LogP contribution in [0.25, 0.3) is 0 Å². The smallest absolute Gasteiger partial charge is 0.0136 e. The van der Waals surface area contributed by atoms with Crippen LogP contribution in [0.15, 0.2) is 11.6 Å². The van der Waals surface area contributed by atoms with Crippen LogP contribution in [0.5, 0.6) is 0 Å². The molecule has 0 aliphatic heterocycles. The first-order chi connectivity index (χ1) is 6.85. The van der Waals surface area contributed by atoms with Crippen LogP contribution in [0.3, 0.4) is 0 Å². The lowest BCUT2D eigenvalue weighted by Gasteiger charge is -2.03. The first-order valence-electron chi connectivity index (χ1n) is 6.19. The Morgan fingerprint density at radius 1 is 1.00 bits per heavy atom. The van der Waals surface area contributed by atoms with E-state index in [4.69, 9.17) is 5.73 Å². The highest BCUT2D eigenvalue weighted by Gasteiger charge is 1.94. The number of hydrogen-bond donors (Lipinski definition) is 1. The van der Waals surface area contributed by atoms with Crippen molar-refractivity contribution in [3.63, 3.8) is 0 Å². The van der Waals surface area contributed by atoms with Gasteiger partial charge >= 0.3 is 0 Å². The molecule has 0 atom stereocenters. The van der Waals surface area contributed by atoms with Crippen LogP contribution in [0.2, 0.25) is 0 Å². The summed E-state index contributed by atoms with van der Waals surface area (Å²) in [6.07, 6.45) is 13.1. The highest BCUT2D eigenvalue weighted by molar-refractivity contribution is 5.01. The van der Waals surface area contributed by atoms with Crippen molar-refractivity contribution in [1.29, 1.82) is 0 Å². The molecule has 0 spiro atoms. The van der Waals surface area contributed by atoms with E-state index in [-0.39, 0.29) is 0 Å². The molecular weight excluding hydrogens is 170 g/mol. The van der Waals surface area contributed by atoms with Crippen LogP contribution < -0.4 is 5.73 Å². The summed E-state index contributed by atoms with van der Waals surface area (Å²) < 4.78 is 0. The molecule has 0 saturated heterocycles. The molecule has 0 rings (SSSR count). The van der Waals surface area contributed by atoms with Gasteiger partial charge in [0.05, 0.1) is 0 Å². The van der Waals surface area contributed by atoms with Gasteiger partial charge in [0, 0.05) is 6.54 Å². The predicted octanol–water partition coefficient (Wildman–Crippen LogP) is 4.03.